The van der Waals surface area contributed by atoms with E-state index in [1.54, 1.807) is 24.5 Å². The number of aliphatic hydroxyl groups is 1. The van der Waals surface area contributed by atoms with Crippen LogP contribution < -0.4 is 5.32 Å². The largest absolute Gasteiger partial charge is 0.392 e. The number of thiazole rings is 1. The number of aliphatic hydroxyl groups excluding tert-OH is 1. The number of aromatic nitrogens is 1. The van der Waals surface area contributed by atoms with Crippen LogP contribution in [0.1, 0.15) is 25.8 Å². The molecule has 2 N–H and O–H groups in total. The predicted molar refractivity (Wildman–Crippen MR) is 54.8 cm³/mol. The number of nitrogens with zero attached hydrogens (tertiary/aromatic N) is 1. The fourth-order valence-corrected chi connectivity index (χ4v) is 1.75. The molecule has 1 aromatic rings. The first kappa shape index (κ1) is 10.6. The first-order valence-corrected chi connectivity index (χ1v) is 5.23. The zero-order chi connectivity index (χ0) is 9.90. The topological polar surface area (TPSA) is 45.1 Å². The predicted octanol–water partition coefficient (Wildman–Crippen LogP) is 1.35. The first-order chi connectivity index (χ1) is 6.02. The minimum atomic E-state index is -0.320. The van der Waals surface area contributed by atoms with Crippen LogP contribution in [0.5, 0.6) is 0 Å². The Morgan fingerprint density at radius 2 is 2.38 bits per heavy atom. The fourth-order valence-electron chi connectivity index (χ4n) is 1.01. The molecule has 1 aromatic heterocycles. The molecular formula is C9H16N2OS. The summed E-state index contributed by atoms with van der Waals surface area (Å²) < 4.78 is 0. The van der Waals surface area contributed by atoms with E-state index in [4.69, 9.17) is 5.11 Å². The van der Waals surface area contributed by atoms with Crippen molar-refractivity contribution in [2.24, 2.45) is 0 Å². The summed E-state index contributed by atoms with van der Waals surface area (Å²) in [6.07, 6.45) is 1.48. The summed E-state index contributed by atoms with van der Waals surface area (Å²) in [7, 11) is 0. The first-order valence-electron chi connectivity index (χ1n) is 4.35. The highest BCUT2D eigenvalue weighted by Gasteiger charge is 2.22. The average Bonchev–Trinajstić information content (AvgIpc) is 2.53. The molecule has 0 saturated heterocycles. The quantitative estimate of drug-likeness (QED) is 0.771. The number of rotatable bonds is 4. The van der Waals surface area contributed by atoms with Crippen molar-refractivity contribution in [2.45, 2.75) is 32.4 Å². The maximum absolute atomic E-state index is 9.13. The summed E-state index contributed by atoms with van der Waals surface area (Å²) in [6, 6.07) is 0. The van der Waals surface area contributed by atoms with Gasteiger partial charge in [0.25, 0.3) is 0 Å². The molecule has 3 nitrogen and oxygen atoms in total. The van der Waals surface area contributed by atoms with Crippen LogP contribution in [0.25, 0.3) is 0 Å². The second-order valence-electron chi connectivity index (χ2n) is 3.69. The van der Waals surface area contributed by atoms with Gasteiger partial charge in [-0.2, -0.15) is 0 Å². The maximum Gasteiger partial charge on any atom is 0.112 e. The number of hydrogen-bond donors (Lipinski definition) is 2. The van der Waals surface area contributed by atoms with Gasteiger partial charge in [0.05, 0.1) is 11.6 Å². The minimum absolute atomic E-state index is 0.148. The van der Waals surface area contributed by atoms with Crippen molar-refractivity contribution in [3.8, 4) is 0 Å². The number of hydrogen-bond acceptors (Lipinski definition) is 4. The third kappa shape index (κ3) is 3.06. The molecule has 0 radical (unpaired) electrons. The van der Waals surface area contributed by atoms with Gasteiger partial charge in [0.2, 0.25) is 0 Å². The van der Waals surface area contributed by atoms with Crippen molar-refractivity contribution < 1.29 is 5.11 Å². The SMILES string of the molecule is C[C@@H](O)CNC(C)(C)c1nccs1. The van der Waals surface area contributed by atoms with Gasteiger partial charge in [-0.3, -0.25) is 0 Å². The van der Waals surface area contributed by atoms with Crippen molar-refractivity contribution in [3.63, 3.8) is 0 Å². The smallest absolute Gasteiger partial charge is 0.112 e. The van der Waals surface area contributed by atoms with Gasteiger partial charge in [-0.05, 0) is 20.8 Å². The Kier molecular flexibility index (Phi) is 3.41. The summed E-state index contributed by atoms with van der Waals surface area (Å²) in [4.78, 5) is 4.24. The van der Waals surface area contributed by atoms with Gasteiger partial charge < -0.3 is 10.4 Å². The van der Waals surface area contributed by atoms with Crippen molar-refractivity contribution in [1.82, 2.24) is 10.3 Å². The van der Waals surface area contributed by atoms with E-state index in [-0.39, 0.29) is 11.6 Å². The lowest BCUT2D eigenvalue weighted by molar-refractivity contribution is 0.176. The average molecular weight is 200 g/mol. The molecule has 0 aliphatic rings. The molecule has 0 unspecified atom stereocenters. The molecule has 0 aliphatic carbocycles. The molecule has 0 bridgehead atoms. The van der Waals surface area contributed by atoms with Gasteiger partial charge in [0.15, 0.2) is 0 Å². The summed E-state index contributed by atoms with van der Waals surface area (Å²) in [5, 5.41) is 15.4. The minimum Gasteiger partial charge on any atom is -0.392 e. The fraction of sp³-hybridized carbons (Fsp3) is 0.667. The number of nitrogens with one attached hydrogen (secondary N) is 1. The van der Waals surface area contributed by atoms with Crippen LogP contribution in [0.4, 0.5) is 0 Å². The van der Waals surface area contributed by atoms with Gasteiger partial charge in [0.1, 0.15) is 5.01 Å². The van der Waals surface area contributed by atoms with E-state index in [1.807, 2.05) is 5.38 Å². The van der Waals surface area contributed by atoms with Crippen LogP contribution in [-0.4, -0.2) is 22.7 Å². The molecule has 1 heterocycles. The second-order valence-corrected chi connectivity index (χ2v) is 4.59. The maximum atomic E-state index is 9.13. The van der Waals surface area contributed by atoms with Crippen LogP contribution >= 0.6 is 11.3 Å². The molecule has 1 rings (SSSR count). The van der Waals surface area contributed by atoms with E-state index in [9.17, 15) is 0 Å². The molecule has 0 aromatic carbocycles. The van der Waals surface area contributed by atoms with Crippen LogP contribution in [0.3, 0.4) is 0 Å². The van der Waals surface area contributed by atoms with Gasteiger partial charge in [-0.25, -0.2) is 4.98 Å². The molecule has 0 fully saturated rings. The molecular weight excluding hydrogens is 184 g/mol. The molecule has 13 heavy (non-hydrogen) atoms. The van der Waals surface area contributed by atoms with Gasteiger partial charge >= 0.3 is 0 Å². The van der Waals surface area contributed by atoms with Crippen LogP contribution in [0.2, 0.25) is 0 Å². The van der Waals surface area contributed by atoms with E-state index >= 15 is 0 Å². The zero-order valence-electron chi connectivity index (χ0n) is 8.24. The van der Waals surface area contributed by atoms with Gasteiger partial charge in [0, 0.05) is 18.1 Å². The second kappa shape index (κ2) is 4.17. The molecule has 1 atom stereocenters. The van der Waals surface area contributed by atoms with E-state index in [0.717, 1.165) is 5.01 Å². The van der Waals surface area contributed by atoms with E-state index in [1.165, 1.54) is 0 Å². The van der Waals surface area contributed by atoms with E-state index < -0.39 is 0 Å². The lowest BCUT2D eigenvalue weighted by Crippen LogP contribution is -2.40. The monoisotopic (exact) mass is 200 g/mol. The van der Waals surface area contributed by atoms with Crippen molar-refractivity contribution in [3.05, 3.63) is 16.6 Å². The van der Waals surface area contributed by atoms with Gasteiger partial charge in [-0.1, -0.05) is 0 Å². The van der Waals surface area contributed by atoms with Crippen molar-refractivity contribution in [2.75, 3.05) is 6.54 Å². The third-order valence-corrected chi connectivity index (χ3v) is 2.90. The van der Waals surface area contributed by atoms with E-state index in [2.05, 4.69) is 24.1 Å². The van der Waals surface area contributed by atoms with Gasteiger partial charge in [-0.15, -0.1) is 11.3 Å². The third-order valence-electron chi connectivity index (χ3n) is 1.81. The zero-order valence-corrected chi connectivity index (χ0v) is 9.06. The van der Waals surface area contributed by atoms with Crippen LogP contribution in [-0.2, 0) is 5.54 Å². The molecule has 4 heteroatoms. The highest BCUT2D eigenvalue weighted by atomic mass is 32.1. The lowest BCUT2D eigenvalue weighted by Gasteiger charge is -2.24. The van der Waals surface area contributed by atoms with Crippen LogP contribution in [0, 0.1) is 0 Å². The van der Waals surface area contributed by atoms with Crippen molar-refractivity contribution >= 4 is 11.3 Å². The highest BCUT2D eigenvalue weighted by Crippen LogP contribution is 2.21. The molecule has 0 spiro atoms. The summed E-state index contributed by atoms with van der Waals surface area (Å²) in [5.41, 5.74) is -0.148. The summed E-state index contributed by atoms with van der Waals surface area (Å²) in [6.45, 7) is 6.49. The highest BCUT2D eigenvalue weighted by molar-refractivity contribution is 7.09. The van der Waals surface area contributed by atoms with E-state index in [0.29, 0.717) is 6.54 Å². The normalized spacial score (nSPS) is 14.5. The summed E-state index contributed by atoms with van der Waals surface area (Å²) in [5.74, 6) is 0. The Bertz CT molecular complexity index is 244. The van der Waals surface area contributed by atoms with Crippen molar-refractivity contribution in [1.29, 1.82) is 0 Å². The van der Waals surface area contributed by atoms with Crippen LogP contribution in [0.15, 0.2) is 11.6 Å². The Balaban J connectivity index is 2.56. The Morgan fingerprint density at radius 1 is 1.69 bits per heavy atom. The Hall–Kier alpha value is -0.450. The molecule has 0 amide bonds. The Labute approximate surface area is 82.8 Å². The molecule has 74 valence electrons. The molecule has 0 aliphatic heterocycles. The summed E-state index contributed by atoms with van der Waals surface area (Å²) >= 11 is 1.63. The standard InChI is InChI=1S/C9H16N2OS/c1-7(12)6-11-9(2,3)8-10-4-5-13-8/h4-5,7,11-12H,6H2,1-3H3/t7-/m1/s1. The molecule has 0 saturated carbocycles. The Morgan fingerprint density at radius 3 is 2.85 bits per heavy atom. The lowest BCUT2D eigenvalue weighted by atomic mass is 10.1.